The third kappa shape index (κ3) is 2.67. The van der Waals surface area contributed by atoms with Gasteiger partial charge in [-0.15, -0.1) is 0 Å². The Morgan fingerprint density at radius 3 is 2.60 bits per heavy atom. The fourth-order valence-corrected chi connectivity index (χ4v) is 2.62. The summed E-state index contributed by atoms with van der Waals surface area (Å²) in [5, 5.41) is 6.00. The predicted octanol–water partition coefficient (Wildman–Crippen LogP) is 0.680. The number of sulfonamides is 1. The number of aromatic nitrogens is 3. The Hall–Kier alpha value is -2.29. The highest BCUT2D eigenvalue weighted by Crippen LogP contribution is 2.33. The van der Waals surface area contributed by atoms with E-state index in [0.717, 1.165) is 0 Å². The van der Waals surface area contributed by atoms with Gasteiger partial charge in [0.1, 0.15) is 5.69 Å². The summed E-state index contributed by atoms with van der Waals surface area (Å²) in [5.41, 5.74) is 0.912. The Morgan fingerprint density at radius 2 is 2.05 bits per heavy atom. The Morgan fingerprint density at radius 1 is 1.30 bits per heavy atom. The topological polar surface area (TPSA) is 100 Å². The molecule has 0 fully saturated rings. The minimum absolute atomic E-state index is 0.0342. The molecule has 0 amide bonds. The molecule has 2 rings (SSSR count). The van der Waals surface area contributed by atoms with Crippen molar-refractivity contribution < 1.29 is 13.2 Å². The zero-order valence-electron chi connectivity index (χ0n) is 11.3. The first kappa shape index (κ1) is 14.1. The van der Waals surface area contributed by atoms with Crippen LogP contribution in [0.15, 0.2) is 29.6 Å². The number of H-pyrrole nitrogens is 1. The second kappa shape index (κ2) is 5.37. The van der Waals surface area contributed by atoms with Crippen molar-refractivity contribution >= 4 is 21.4 Å². The van der Waals surface area contributed by atoms with Gasteiger partial charge in [-0.05, 0) is 12.1 Å². The molecule has 0 aliphatic rings. The molecule has 2 aromatic heterocycles. The van der Waals surface area contributed by atoms with E-state index in [2.05, 4.69) is 19.9 Å². The number of anilines is 2. The second-order valence-electron chi connectivity index (χ2n) is 4.14. The van der Waals surface area contributed by atoms with Gasteiger partial charge in [0.05, 0.1) is 19.0 Å². The lowest BCUT2D eigenvalue weighted by molar-refractivity contribution is 0.400. The molecule has 2 aromatic rings. The number of hydrogen-bond donors (Lipinski definition) is 2. The van der Waals surface area contributed by atoms with Crippen LogP contribution in [0.3, 0.4) is 0 Å². The summed E-state index contributed by atoms with van der Waals surface area (Å²) >= 11 is 0. The van der Waals surface area contributed by atoms with Gasteiger partial charge in [0.2, 0.25) is 5.88 Å². The maximum atomic E-state index is 12.2. The van der Waals surface area contributed by atoms with E-state index in [1.54, 1.807) is 31.3 Å². The monoisotopic (exact) mass is 297 g/mol. The number of nitrogens with one attached hydrogen (secondary N) is 2. The van der Waals surface area contributed by atoms with Crippen LogP contribution in [0.2, 0.25) is 0 Å². The largest absolute Gasteiger partial charge is 0.479 e. The fourth-order valence-electron chi connectivity index (χ4n) is 1.64. The van der Waals surface area contributed by atoms with Gasteiger partial charge in [0.15, 0.2) is 5.03 Å². The lowest BCUT2D eigenvalue weighted by atomic mass is 10.3. The standard InChI is InChI=1S/C11H15N5O3S/c1-16(2)8-4-6-12-11(19-3)10(8)15-20(17,18)9-5-7-13-14-9/h4-7,15H,1-3H3,(H,13,14). The summed E-state index contributed by atoms with van der Waals surface area (Å²) in [6.07, 6.45) is 2.91. The third-order valence-corrected chi connectivity index (χ3v) is 3.85. The highest BCUT2D eigenvalue weighted by Gasteiger charge is 2.21. The number of pyridine rings is 1. The first-order valence-corrected chi connectivity index (χ1v) is 7.16. The van der Waals surface area contributed by atoms with Crippen LogP contribution in [0.1, 0.15) is 0 Å². The summed E-state index contributed by atoms with van der Waals surface area (Å²) in [7, 11) is 1.24. The van der Waals surface area contributed by atoms with Crippen LogP contribution in [0.4, 0.5) is 11.4 Å². The summed E-state index contributed by atoms with van der Waals surface area (Å²) in [6, 6.07) is 3.05. The van der Waals surface area contributed by atoms with E-state index in [-0.39, 0.29) is 16.6 Å². The van der Waals surface area contributed by atoms with E-state index in [1.165, 1.54) is 19.4 Å². The van der Waals surface area contributed by atoms with Crippen LogP contribution in [-0.2, 0) is 10.0 Å². The van der Waals surface area contributed by atoms with Crippen molar-refractivity contribution in [2.24, 2.45) is 0 Å². The minimum Gasteiger partial charge on any atom is -0.479 e. The van der Waals surface area contributed by atoms with Crippen LogP contribution in [-0.4, -0.2) is 44.8 Å². The zero-order chi connectivity index (χ0) is 14.8. The summed E-state index contributed by atoms with van der Waals surface area (Å²) in [4.78, 5) is 5.76. The van der Waals surface area contributed by atoms with Gasteiger partial charge < -0.3 is 9.64 Å². The van der Waals surface area contributed by atoms with Crippen LogP contribution in [0, 0.1) is 0 Å². The Bertz CT molecular complexity index is 682. The molecule has 0 spiro atoms. The predicted molar refractivity (Wildman–Crippen MR) is 74.5 cm³/mol. The molecule has 2 heterocycles. The number of hydrogen-bond acceptors (Lipinski definition) is 6. The molecule has 108 valence electrons. The summed E-state index contributed by atoms with van der Waals surface area (Å²) in [6.45, 7) is 0. The summed E-state index contributed by atoms with van der Waals surface area (Å²) < 4.78 is 32.0. The fraction of sp³-hybridized carbons (Fsp3) is 0.273. The molecule has 0 atom stereocenters. The molecule has 0 bridgehead atoms. The Labute approximate surface area is 116 Å². The molecule has 20 heavy (non-hydrogen) atoms. The van der Waals surface area contributed by atoms with E-state index in [0.29, 0.717) is 5.69 Å². The van der Waals surface area contributed by atoms with Crippen LogP contribution >= 0.6 is 0 Å². The van der Waals surface area contributed by atoms with Crippen molar-refractivity contribution in [1.82, 2.24) is 15.2 Å². The molecule has 0 saturated carbocycles. The van der Waals surface area contributed by atoms with Crippen molar-refractivity contribution in [3.8, 4) is 5.88 Å². The highest BCUT2D eigenvalue weighted by atomic mass is 32.2. The van der Waals surface area contributed by atoms with Crippen LogP contribution < -0.4 is 14.4 Å². The normalized spacial score (nSPS) is 11.2. The van der Waals surface area contributed by atoms with Crippen molar-refractivity contribution in [2.75, 3.05) is 30.8 Å². The number of aromatic amines is 1. The third-order valence-electron chi connectivity index (χ3n) is 2.57. The quantitative estimate of drug-likeness (QED) is 0.841. The number of ether oxygens (including phenoxy) is 1. The molecule has 8 nitrogen and oxygen atoms in total. The van der Waals surface area contributed by atoms with Gasteiger partial charge in [0.25, 0.3) is 10.0 Å². The molecule has 2 N–H and O–H groups in total. The minimum atomic E-state index is -3.77. The van der Waals surface area contributed by atoms with E-state index < -0.39 is 10.0 Å². The molecule has 9 heteroatoms. The molecule has 0 saturated heterocycles. The molecule has 0 radical (unpaired) electrons. The van der Waals surface area contributed by atoms with Gasteiger partial charge in [-0.3, -0.25) is 9.82 Å². The molecule has 0 aliphatic carbocycles. The SMILES string of the molecule is COc1nccc(N(C)C)c1NS(=O)(=O)c1ccn[nH]1. The maximum Gasteiger partial charge on any atom is 0.279 e. The molecule has 0 aliphatic heterocycles. The van der Waals surface area contributed by atoms with E-state index in [9.17, 15) is 8.42 Å². The van der Waals surface area contributed by atoms with Crippen LogP contribution in [0.5, 0.6) is 5.88 Å². The number of rotatable bonds is 5. The number of methoxy groups -OCH3 is 1. The average Bonchev–Trinajstić information content (AvgIpc) is 2.93. The Kier molecular flexibility index (Phi) is 3.79. The average molecular weight is 297 g/mol. The maximum absolute atomic E-state index is 12.2. The number of nitrogens with zero attached hydrogens (tertiary/aromatic N) is 3. The van der Waals surface area contributed by atoms with Gasteiger partial charge in [-0.1, -0.05) is 0 Å². The smallest absolute Gasteiger partial charge is 0.279 e. The van der Waals surface area contributed by atoms with Gasteiger partial charge in [-0.25, -0.2) is 4.98 Å². The van der Waals surface area contributed by atoms with Crippen molar-refractivity contribution in [3.63, 3.8) is 0 Å². The van der Waals surface area contributed by atoms with Crippen molar-refractivity contribution in [1.29, 1.82) is 0 Å². The van der Waals surface area contributed by atoms with Crippen molar-refractivity contribution in [3.05, 3.63) is 24.5 Å². The molecular weight excluding hydrogens is 282 g/mol. The highest BCUT2D eigenvalue weighted by molar-refractivity contribution is 7.92. The lowest BCUT2D eigenvalue weighted by Crippen LogP contribution is -2.18. The van der Waals surface area contributed by atoms with E-state index in [4.69, 9.17) is 4.74 Å². The summed E-state index contributed by atoms with van der Waals surface area (Å²) in [5.74, 6) is 0.194. The Balaban J connectivity index is 2.48. The molecule has 0 unspecified atom stereocenters. The van der Waals surface area contributed by atoms with E-state index >= 15 is 0 Å². The van der Waals surface area contributed by atoms with Gasteiger partial charge in [-0.2, -0.15) is 13.5 Å². The van der Waals surface area contributed by atoms with E-state index in [1.807, 2.05) is 0 Å². The molecular formula is C11H15N5O3S. The lowest BCUT2D eigenvalue weighted by Gasteiger charge is -2.19. The first-order valence-electron chi connectivity index (χ1n) is 5.68. The van der Waals surface area contributed by atoms with Gasteiger partial charge in [0, 0.05) is 20.3 Å². The van der Waals surface area contributed by atoms with Crippen molar-refractivity contribution in [2.45, 2.75) is 5.03 Å². The zero-order valence-corrected chi connectivity index (χ0v) is 12.1. The first-order chi connectivity index (χ1) is 9.45. The van der Waals surface area contributed by atoms with Gasteiger partial charge >= 0.3 is 0 Å². The van der Waals surface area contributed by atoms with Crippen LogP contribution in [0.25, 0.3) is 0 Å². The molecule has 0 aromatic carbocycles. The second-order valence-corrected chi connectivity index (χ2v) is 5.79.